The molecule has 0 saturated heterocycles. The SMILES string of the molecule is Cc1cccc(NC(=O)CC2Sc3ccc(Br)cc3NC2=O)c1. The Hall–Kier alpha value is -1.79. The van der Waals surface area contributed by atoms with Gasteiger partial charge in [0.15, 0.2) is 0 Å². The summed E-state index contributed by atoms with van der Waals surface area (Å²) in [5.74, 6) is -0.302. The molecule has 1 aliphatic rings. The van der Waals surface area contributed by atoms with Gasteiger partial charge in [-0.1, -0.05) is 28.1 Å². The van der Waals surface area contributed by atoms with E-state index < -0.39 is 5.25 Å². The Labute approximate surface area is 147 Å². The Morgan fingerprint density at radius 2 is 2.13 bits per heavy atom. The molecule has 6 heteroatoms. The molecule has 118 valence electrons. The van der Waals surface area contributed by atoms with E-state index in [0.717, 1.165) is 26.3 Å². The lowest BCUT2D eigenvalue weighted by atomic mass is 10.2. The molecule has 1 atom stereocenters. The van der Waals surface area contributed by atoms with E-state index >= 15 is 0 Å². The zero-order valence-corrected chi connectivity index (χ0v) is 14.8. The maximum atomic E-state index is 12.2. The predicted molar refractivity (Wildman–Crippen MR) is 96.8 cm³/mol. The number of aryl methyl sites for hydroxylation is 1. The van der Waals surface area contributed by atoms with Crippen molar-refractivity contribution in [3.63, 3.8) is 0 Å². The highest BCUT2D eigenvalue weighted by Crippen LogP contribution is 2.38. The van der Waals surface area contributed by atoms with Gasteiger partial charge in [0, 0.05) is 21.5 Å². The normalized spacial score (nSPS) is 16.4. The molecule has 0 spiro atoms. The number of fused-ring (bicyclic) bond motifs is 1. The zero-order valence-electron chi connectivity index (χ0n) is 12.4. The highest BCUT2D eigenvalue weighted by atomic mass is 79.9. The molecule has 3 rings (SSSR count). The third-order valence-corrected chi connectivity index (χ3v) is 5.20. The number of halogens is 1. The molecule has 2 aromatic rings. The summed E-state index contributed by atoms with van der Waals surface area (Å²) >= 11 is 4.81. The summed E-state index contributed by atoms with van der Waals surface area (Å²) in [7, 11) is 0. The van der Waals surface area contributed by atoms with Crippen LogP contribution in [0.5, 0.6) is 0 Å². The molecule has 0 bridgehead atoms. The number of rotatable bonds is 3. The van der Waals surface area contributed by atoms with Crippen molar-refractivity contribution in [1.82, 2.24) is 0 Å². The van der Waals surface area contributed by atoms with Gasteiger partial charge in [0.25, 0.3) is 0 Å². The smallest absolute Gasteiger partial charge is 0.238 e. The third-order valence-electron chi connectivity index (χ3n) is 3.43. The van der Waals surface area contributed by atoms with E-state index in [2.05, 4.69) is 26.6 Å². The van der Waals surface area contributed by atoms with Gasteiger partial charge in [-0.15, -0.1) is 11.8 Å². The molecule has 1 heterocycles. The quantitative estimate of drug-likeness (QED) is 0.825. The van der Waals surface area contributed by atoms with E-state index in [1.165, 1.54) is 11.8 Å². The van der Waals surface area contributed by atoms with E-state index in [4.69, 9.17) is 0 Å². The summed E-state index contributed by atoms with van der Waals surface area (Å²) in [6, 6.07) is 13.3. The van der Waals surface area contributed by atoms with Crippen LogP contribution in [-0.2, 0) is 9.59 Å². The second kappa shape index (κ2) is 6.76. The highest BCUT2D eigenvalue weighted by Gasteiger charge is 2.29. The van der Waals surface area contributed by atoms with E-state index in [1.807, 2.05) is 49.4 Å². The van der Waals surface area contributed by atoms with Crippen molar-refractivity contribution < 1.29 is 9.59 Å². The molecule has 0 saturated carbocycles. The maximum Gasteiger partial charge on any atom is 0.238 e. The minimum Gasteiger partial charge on any atom is -0.326 e. The summed E-state index contributed by atoms with van der Waals surface area (Å²) in [6.45, 7) is 1.97. The first-order valence-corrected chi connectivity index (χ1v) is 8.82. The van der Waals surface area contributed by atoms with Crippen LogP contribution in [-0.4, -0.2) is 17.1 Å². The van der Waals surface area contributed by atoms with Crippen molar-refractivity contribution in [1.29, 1.82) is 0 Å². The molecule has 23 heavy (non-hydrogen) atoms. The molecule has 2 aromatic carbocycles. The second-order valence-corrected chi connectivity index (χ2v) is 7.52. The molecule has 0 aliphatic carbocycles. The Balaban J connectivity index is 1.67. The molecular weight excluding hydrogens is 376 g/mol. The Morgan fingerprint density at radius 1 is 1.30 bits per heavy atom. The van der Waals surface area contributed by atoms with Gasteiger partial charge in [-0.2, -0.15) is 0 Å². The number of nitrogens with one attached hydrogen (secondary N) is 2. The van der Waals surface area contributed by atoms with E-state index in [-0.39, 0.29) is 18.2 Å². The lowest BCUT2D eigenvalue weighted by Crippen LogP contribution is -2.32. The molecule has 0 fully saturated rings. The standard InChI is InChI=1S/C17H15BrN2O2S/c1-10-3-2-4-12(7-10)19-16(21)9-15-17(22)20-13-8-11(18)5-6-14(13)23-15/h2-8,15H,9H2,1H3,(H,19,21)(H,20,22). The summed E-state index contributed by atoms with van der Waals surface area (Å²) < 4.78 is 0.910. The zero-order chi connectivity index (χ0) is 16.4. The molecular formula is C17H15BrN2O2S. The van der Waals surface area contributed by atoms with Gasteiger partial charge in [0.2, 0.25) is 11.8 Å². The minimum atomic E-state index is -0.423. The Bertz CT molecular complexity index is 779. The fourth-order valence-corrected chi connectivity index (χ4v) is 3.81. The van der Waals surface area contributed by atoms with Crippen LogP contribution in [0.1, 0.15) is 12.0 Å². The molecule has 1 aliphatic heterocycles. The van der Waals surface area contributed by atoms with Crippen molar-refractivity contribution in [2.75, 3.05) is 10.6 Å². The van der Waals surface area contributed by atoms with Crippen LogP contribution in [0.4, 0.5) is 11.4 Å². The Morgan fingerprint density at radius 3 is 2.91 bits per heavy atom. The number of thioether (sulfide) groups is 1. The first-order chi connectivity index (χ1) is 11.0. The maximum absolute atomic E-state index is 12.2. The van der Waals surface area contributed by atoms with E-state index in [0.29, 0.717) is 0 Å². The monoisotopic (exact) mass is 390 g/mol. The molecule has 2 amide bonds. The van der Waals surface area contributed by atoms with Crippen LogP contribution >= 0.6 is 27.7 Å². The number of amides is 2. The number of carbonyl (C=O) groups is 2. The Kier molecular flexibility index (Phi) is 4.73. The first kappa shape index (κ1) is 16.1. The van der Waals surface area contributed by atoms with Crippen LogP contribution in [0.2, 0.25) is 0 Å². The van der Waals surface area contributed by atoms with Crippen molar-refractivity contribution in [2.24, 2.45) is 0 Å². The van der Waals surface area contributed by atoms with Crippen molar-refractivity contribution >= 4 is 50.9 Å². The molecule has 4 nitrogen and oxygen atoms in total. The molecule has 1 unspecified atom stereocenters. The third kappa shape index (κ3) is 3.95. The van der Waals surface area contributed by atoms with Crippen LogP contribution in [0, 0.1) is 6.92 Å². The lowest BCUT2D eigenvalue weighted by Gasteiger charge is -2.23. The summed E-state index contributed by atoms with van der Waals surface area (Å²) in [5, 5.41) is 5.28. The average Bonchev–Trinajstić information content (AvgIpc) is 2.48. The number of benzene rings is 2. The van der Waals surface area contributed by atoms with Gasteiger partial charge in [0.1, 0.15) is 0 Å². The van der Waals surface area contributed by atoms with E-state index in [1.54, 1.807) is 0 Å². The van der Waals surface area contributed by atoms with Crippen LogP contribution in [0.25, 0.3) is 0 Å². The molecule has 2 N–H and O–H groups in total. The summed E-state index contributed by atoms with van der Waals surface area (Å²) in [4.78, 5) is 25.3. The van der Waals surface area contributed by atoms with Gasteiger partial charge in [-0.3, -0.25) is 9.59 Å². The lowest BCUT2D eigenvalue weighted by molar-refractivity contribution is -0.120. The highest BCUT2D eigenvalue weighted by molar-refractivity contribution is 9.10. The number of anilines is 2. The van der Waals surface area contributed by atoms with Crippen molar-refractivity contribution in [3.8, 4) is 0 Å². The minimum absolute atomic E-state index is 0.139. The largest absolute Gasteiger partial charge is 0.326 e. The van der Waals surface area contributed by atoms with Gasteiger partial charge in [-0.05, 0) is 42.8 Å². The average molecular weight is 391 g/mol. The topological polar surface area (TPSA) is 58.2 Å². The first-order valence-electron chi connectivity index (χ1n) is 7.15. The van der Waals surface area contributed by atoms with Crippen LogP contribution < -0.4 is 10.6 Å². The molecule has 0 aromatic heterocycles. The fourth-order valence-electron chi connectivity index (χ4n) is 2.36. The van der Waals surface area contributed by atoms with Crippen molar-refractivity contribution in [3.05, 3.63) is 52.5 Å². The second-order valence-electron chi connectivity index (χ2n) is 5.36. The predicted octanol–water partition coefficient (Wildman–Crippen LogP) is 4.20. The molecule has 0 radical (unpaired) electrons. The van der Waals surface area contributed by atoms with Gasteiger partial charge in [0.05, 0.1) is 10.9 Å². The summed E-state index contributed by atoms with van der Waals surface area (Å²) in [5.41, 5.74) is 2.61. The van der Waals surface area contributed by atoms with Crippen LogP contribution in [0.15, 0.2) is 51.8 Å². The van der Waals surface area contributed by atoms with Gasteiger partial charge < -0.3 is 10.6 Å². The number of carbonyl (C=O) groups excluding carboxylic acids is 2. The number of hydrogen-bond donors (Lipinski definition) is 2. The van der Waals surface area contributed by atoms with Crippen molar-refractivity contribution in [2.45, 2.75) is 23.5 Å². The number of hydrogen-bond acceptors (Lipinski definition) is 3. The van der Waals surface area contributed by atoms with Gasteiger partial charge in [-0.25, -0.2) is 0 Å². The summed E-state index contributed by atoms with van der Waals surface area (Å²) in [6.07, 6.45) is 0.139. The van der Waals surface area contributed by atoms with Crippen LogP contribution in [0.3, 0.4) is 0 Å². The van der Waals surface area contributed by atoms with Gasteiger partial charge >= 0.3 is 0 Å². The fraction of sp³-hybridized carbons (Fsp3) is 0.176. The van der Waals surface area contributed by atoms with E-state index in [9.17, 15) is 9.59 Å².